The first-order chi connectivity index (χ1) is 15.8. The molecule has 10 heteroatoms. The summed E-state index contributed by atoms with van der Waals surface area (Å²) in [6.45, 7) is 0. The predicted octanol–water partition coefficient (Wildman–Crippen LogP) is 4.04. The summed E-state index contributed by atoms with van der Waals surface area (Å²) in [4.78, 5) is 20.9. The molecule has 0 saturated carbocycles. The molecule has 3 aromatic carbocycles. The summed E-state index contributed by atoms with van der Waals surface area (Å²) in [5, 5.41) is 12.2. The van der Waals surface area contributed by atoms with E-state index in [1.807, 2.05) is 0 Å². The van der Waals surface area contributed by atoms with Crippen LogP contribution in [-0.2, 0) is 10.0 Å². The number of halogens is 1. The van der Waals surface area contributed by atoms with E-state index >= 15 is 0 Å². The Bertz CT molecular complexity index is 1410. The maximum absolute atomic E-state index is 13.0. The molecule has 0 saturated heterocycles. The highest BCUT2D eigenvalue weighted by molar-refractivity contribution is 7.92. The van der Waals surface area contributed by atoms with Gasteiger partial charge in [-0.05, 0) is 54.6 Å². The number of rotatable bonds is 6. The first kappa shape index (κ1) is 21.9. The van der Waals surface area contributed by atoms with E-state index in [0.717, 1.165) is 12.1 Å². The molecule has 33 heavy (non-hydrogen) atoms. The molecular weight excluding hydrogens is 447 g/mol. The molecule has 166 valence electrons. The molecule has 0 aliphatic rings. The van der Waals surface area contributed by atoms with Crippen LogP contribution in [0.2, 0.25) is 0 Å². The highest BCUT2D eigenvalue weighted by atomic mass is 32.2. The maximum Gasteiger partial charge on any atom is 0.261 e. The average molecular weight is 464 g/mol. The minimum Gasteiger partial charge on any atom is -0.508 e. The second-order valence-electron chi connectivity index (χ2n) is 6.94. The fraction of sp³-hybridized carbons (Fsp3) is 0. The van der Waals surface area contributed by atoms with Crippen molar-refractivity contribution in [3.8, 4) is 17.1 Å². The lowest BCUT2D eigenvalue weighted by atomic mass is 10.2. The van der Waals surface area contributed by atoms with Crippen molar-refractivity contribution in [3.63, 3.8) is 0 Å². The van der Waals surface area contributed by atoms with Crippen molar-refractivity contribution in [3.05, 3.63) is 96.6 Å². The number of anilines is 2. The summed E-state index contributed by atoms with van der Waals surface area (Å²) < 4.78 is 40.7. The third kappa shape index (κ3) is 5.31. The molecule has 0 spiro atoms. The molecule has 3 N–H and O–H groups in total. The minimum atomic E-state index is -3.99. The number of amides is 1. The van der Waals surface area contributed by atoms with Crippen LogP contribution in [0.25, 0.3) is 11.4 Å². The SMILES string of the molecule is O=C(Nc1cnc(-c2cccc(O)c2)nc1)c1cccc(S(=O)(=O)Nc2ccc(F)cc2)c1. The molecule has 4 aromatic rings. The van der Waals surface area contributed by atoms with Gasteiger partial charge in [-0.15, -0.1) is 0 Å². The summed E-state index contributed by atoms with van der Waals surface area (Å²) in [5.41, 5.74) is 1.21. The van der Waals surface area contributed by atoms with E-state index in [9.17, 15) is 22.7 Å². The molecule has 4 rings (SSSR count). The topological polar surface area (TPSA) is 121 Å². The third-order valence-corrected chi connectivity index (χ3v) is 5.90. The number of nitrogens with one attached hydrogen (secondary N) is 2. The fourth-order valence-electron chi connectivity index (χ4n) is 2.93. The molecule has 1 heterocycles. The first-order valence-electron chi connectivity index (χ1n) is 9.61. The highest BCUT2D eigenvalue weighted by Gasteiger charge is 2.17. The third-order valence-electron chi connectivity index (χ3n) is 4.52. The molecule has 0 aliphatic carbocycles. The lowest BCUT2D eigenvalue weighted by molar-refractivity contribution is 0.102. The van der Waals surface area contributed by atoms with E-state index < -0.39 is 21.7 Å². The summed E-state index contributed by atoms with van der Waals surface area (Å²) in [6, 6.07) is 16.8. The Morgan fingerprint density at radius 3 is 2.27 bits per heavy atom. The second kappa shape index (κ2) is 9.05. The number of carbonyl (C=O) groups excluding carboxylic acids is 1. The van der Waals surface area contributed by atoms with E-state index in [-0.39, 0.29) is 21.9 Å². The molecule has 0 unspecified atom stereocenters. The number of aromatic hydroxyl groups is 1. The zero-order valence-electron chi connectivity index (χ0n) is 16.9. The number of benzene rings is 3. The van der Waals surface area contributed by atoms with Gasteiger partial charge < -0.3 is 10.4 Å². The largest absolute Gasteiger partial charge is 0.508 e. The van der Waals surface area contributed by atoms with Gasteiger partial charge in [0, 0.05) is 16.8 Å². The molecule has 0 bridgehead atoms. The van der Waals surface area contributed by atoms with Crippen LogP contribution in [0.3, 0.4) is 0 Å². The van der Waals surface area contributed by atoms with E-state index in [1.165, 1.54) is 60.9 Å². The van der Waals surface area contributed by atoms with Crippen LogP contribution >= 0.6 is 0 Å². The number of aromatic nitrogens is 2. The van der Waals surface area contributed by atoms with Crippen LogP contribution in [0.4, 0.5) is 15.8 Å². The van der Waals surface area contributed by atoms with Crippen molar-refractivity contribution < 1.29 is 22.7 Å². The first-order valence-corrected chi connectivity index (χ1v) is 11.1. The van der Waals surface area contributed by atoms with Crippen molar-refractivity contribution in [2.45, 2.75) is 4.90 Å². The maximum atomic E-state index is 13.0. The highest BCUT2D eigenvalue weighted by Crippen LogP contribution is 2.21. The lowest BCUT2D eigenvalue weighted by Crippen LogP contribution is -2.16. The molecular formula is C23H17FN4O4S. The molecule has 0 aliphatic heterocycles. The second-order valence-corrected chi connectivity index (χ2v) is 8.62. The van der Waals surface area contributed by atoms with E-state index in [4.69, 9.17) is 0 Å². The van der Waals surface area contributed by atoms with E-state index in [1.54, 1.807) is 12.1 Å². The average Bonchev–Trinajstić information content (AvgIpc) is 2.81. The monoisotopic (exact) mass is 464 g/mol. The summed E-state index contributed by atoms with van der Waals surface area (Å²) >= 11 is 0. The number of nitrogens with zero attached hydrogens (tertiary/aromatic N) is 2. The Kier molecular flexibility index (Phi) is 6.01. The smallest absolute Gasteiger partial charge is 0.261 e. The van der Waals surface area contributed by atoms with Gasteiger partial charge in [-0.1, -0.05) is 18.2 Å². The lowest BCUT2D eigenvalue weighted by Gasteiger charge is -2.10. The molecule has 1 amide bonds. The van der Waals surface area contributed by atoms with Crippen molar-refractivity contribution in [1.82, 2.24) is 9.97 Å². The molecule has 0 atom stereocenters. The minimum absolute atomic E-state index is 0.0808. The number of hydrogen-bond donors (Lipinski definition) is 3. The summed E-state index contributed by atoms with van der Waals surface area (Å²) in [6.07, 6.45) is 2.81. The van der Waals surface area contributed by atoms with Gasteiger partial charge in [0.05, 0.1) is 23.0 Å². The van der Waals surface area contributed by atoms with Gasteiger partial charge in [0.2, 0.25) is 0 Å². The van der Waals surface area contributed by atoms with Crippen LogP contribution in [0.5, 0.6) is 5.75 Å². The Morgan fingerprint density at radius 1 is 0.879 bits per heavy atom. The standard InChI is InChI=1S/C23H17FN4O4S/c24-17-7-9-18(10-8-17)28-33(31,32)21-6-2-4-16(12-21)23(30)27-19-13-25-22(26-14-19)15-3-1-5-20(29)11-15/h1-14,28-29H,(H,27,30). The van der Waals surface area contributed by atoms with Gasteiger partial charge in [-0.2, -0.15) is 0 Å². The van der Waals surface area contributed by atoms with Crippen molar-refractivity contribution >= 4 is 27.3 Å². The van der Waals surface area contributed by atoms with E-state index in [2.05, 4.69) is 20.0 Å². The Hall–Kier alpha value is -4.31. The fourth-order valence-corrected chi connectivity index (χ4v) is 4.03. The number of carbonyl (C=O) groups is 1. The van der Waals surface area contributed by atoms with Crippen LogP contribution in [-0.4, -0.2) is 29.4 Å². The van der Waals surface area contributed by atoms with Crippen molar-refractivity contribution in [2.75, 3.05) is 10.0 Å². The number of sulfonamides is 1. The molecule has 0 fully saturated rings. The van der Waals surface area contributed by atoms with Gasteiger partial charge in [-0.3, -0.25) is 9.52 Å². The predicted molar refractivity (Wildman–Crippen MR) is 121 cm³/mol. The molecule has 1 aromatic heterocycles. The van der Waals surface area contributed by atoms with Crippen molar-refractivity contribution in [1.29, 1.82) is 0 Å². The zero-order chi connectivity index (χ0) is 23.4. The van der Waals surface area contributed by atoms with Crippen molar-refractivity contribution in [2.24, 2.45) is 0 Å². The Labute approximate surface area is 188 Å². The van der Waals surface area contributed by atoms with Gasteiger partial charge in [0.25, 0.3) is 15.9 Å². The summed E-state index contributed by atoms with van der Waals surface area (Å²) in [5.74, 6) is -0.598. The Morgan fingerprint density at radius 2 is 1.58 bits per heavy atom. The zero-order valence-corrected chi connectivity index (χ0v) is 17.8. The van der Waals surface area contributed by atoms with Gasteiger partial charge in [0.1, 0.15) is 11.6 Å². The summed E-state index contributed by atoms with van der Waals surface area (Å²) in [7, 11) is -3.99. The van der Waals surface area contributed by atoms with Gasteiger partial charge in [-0.25, -0.2) is 22.8 Å². The van der Waals surface area contributed by atoms with Crippen LogP contribution in [0.15, 0.2) is 90.1 Å². The number of phenols is 1. The van der Waals surface area contributed by atoms with Crippen LogP contribution < -0.4 is 10.0 Å². The van der Waals surface area contributed by atoms with Gasteiger partial charge >= 0.3 is 0 Å². The van der Waals surface area contributed by atoms with Crippen LogP contribution in [0.1, 0.15) is 10.4 Å². The van der Waals surface area contributed by atoms with Gasteiger partial charge in [0.15, 0.2) is 5.82 Å². The Balaban J connectivity index is 1.49. The normalized spacial score (nSPS) is 11.1. The molecule has 0 radical (unpaired) electrons. The number of phenolic OH excluding ortho intramolecular Hbond substituents is 1. The molecule has 8 nitrogen and oxygen atoms in total. The van der Waals surface area contributed by atoms with Crippen LogP contribution in [0, 0.1) is 5.82 Å². The number of hydrogen-bond acceptors (Lipinski definition) is 6. The quantitative estimate of drug-likeness (QED) is 0.396. The van der Waals surface area contributed by atoms with E-state index in [0.29, 0.717) is 17.1 Å².